The van der Waals surface area contributed by atoms with Crippen LogP contribution in [0.4, 0.5) is 0 Å². The molecule has 0 spiro atoms. The highest BCUT2D eigenvalue weighted by Gasteiger charge is 2.67. The lowest BCUT2D eigenvalue weighted by atomic mass is 10.1. The molecule has 0 saturated heterocycles. The van der Waals surface area contributed by atoms with Gasteiger partial charge in [0.1, 0.15) is 0 Å². The Kier molecular flexibility index (Phi) is 3.85. The number of rotatable bonds is 9. The first-order valence-corrected chi connectivity index (χ1v) is 6.47. The van der Waals surface area contributed by atoms with Gasteiger partial charge in [0, 0.05) is 13.2 Å². The van der Waals surface area contributed by atoms with Gasteiger partial charge in [0.15, 0.2) is 0 Å². The van der Waals surface area contributed by atoms with Gasteiger partial charge >= 0.3 is 0 Å². The van der Waals surface area contributed by atoms with Gasteiger partial charge < -0.3 is 20.9 Å². The molecule has 2 rings (SSSR count). The Morgan fingerprint density at radius 2 is 1.12 bits per heavy atom. The van der Waals surface area contributed by atoms with Crippen LogP contribution in [0.5, 0.6) is 0 Å². The third kappa shape index (κ3) is 2.40. The Morgan fingerprint density at radius 1 is 0.750 bits per heavy atom. The van der Waals surface area contributed by atoms with Crippen LogP contribution in [-0.4, -0.2) is 37.5 Å². The molecule has 0 aliphatic heterocycles. The maximum Gasteiger partial charge on any atom is 0.0973 e. The third-order valence-electron chi connectivity index (χ3n) is 3.69. The molecular formula is C12H24N2O2. The molecule has 0 radical (unpaired) electrons. The lowest BCUT2D eigenvalue weighted by Gasteiger charge is -2.27. The summed E-state index contributed by atoms with van der Waals surface area (Å²) in [6.07, 6.45) is 6.50. The Labute approximate surface area is 97.6 Å². The van der Waals surface area contributed by atoms with Crippen LogP contribution in [0.1, 0.15) is 38.5 Å². The van der Waals surface area contributed by atoms with E-state index in [9.17, 15) is 0 Å². The van der Waals surface area contributed by atoms with Crippen molar-refractivity contribution in [3.05, 3.63) is 0 Å². The van der Waals surface area contributed by atoms with Gasteiger partial charge in [0.2, 0.25) is 0 Å². The van der Waals surface area contributed by atoms with Gasteiger partial charge in [-0.1, -0.05) is 0 Å². The minimum atomic E-state index is 0.0385. The fourth-order valence-corrected chi connectivity index (χ4v) is 2.39. The molecule has 0 heterocycles. The van der Waals surface area contributed by atoms with Crippen molar-refractivity contribution in [3.63, 3.8) is 0 Å². The zero-order valence-corrected chi connectivity index (χ0v) is 10.0. The predicted octanol–water partition coefficient (Wildman–Crippen LogP) is 0.782. The third-order valence-corrected chi connectivity index (χ3v) is 3.69. The average Bonchev–Trinajstić information content (AvgIpc) is 3.13. The Hall–Kier alpha value is -0.160. The molecule has 2 aliphatic rings. The molecule has 4 nitrogen and oxygen atoms in total. The van der Waals surface area contributed by atoms with E-state index in [1.54, 1.807) is 0 Å². The summed E-state index contributed by atoms with van der Waals surface area (Å²) in [5, 5.41) is 0. The Bertz CT molecular complexity index is 201. The molecule has 0 aromatic rings. The van der Waals surface area contributed by atoms with E-state index in [1.165, 1.54) is 0 Å². The molecule has 16 heavy (non-hydrogen) atoms. The van der Waals surface area contributed by atoms with Gasteiger partial charge in [-0.2, -0.15) is 0 Å². The molecule has 4 heteroatoms. The predicted molar refractivity (Wildman–Crippen MR) is 63.2 cm³/mol. The van der Waals surface area contributed by atoms with Crippen LogP contribution in [0, 0.1) is 0 Å². The van der Waals surface area contributed by atoms with Crippen molar-refractivity contribution in [1.29, 1.82) is 0 Å². The standard InChI is InChI=1S/C12H24N2O2/c13-7-1-9-15-11(3-4-11)12(5-6-12)16-10-2-8-14/h1-10,13-14H2. The van der Waals surface area contributed by atoms with E-state index in [4.69, 9.17) is 20.9 Å². The summed E-state index contributed by atoms with van der Waals surface area (Å²) in [6, 6.07) is 0. The first kappa shape index (κ1) is 12.3. The summed E-state index contributed by atoms with van der Waals surface area (Å²) in [7, 11) is 0. The second-order valence-electron chi connectivity index (χ2n) is 4.97. The monoisotopic (exact) mass is 228 g/mol. The Morgan fingerprint density at radius 3 is 1.38 bits per heavy atom. The lowest BCUT2D eigenvalue weighted by molar-refractivity contribution is -0.107. The molecule has 94 valence electrons. The second-order valence-corrected chi connectivity index (χ2v) is 4.97. The zero-order valence-electron chi connectivity index (χ0n) is 10.0. The molecule has 4 N–H and O–H groups in total. The molecule has 0 bridgehead atoms. The van der Waals surface area contributed by atoms with E-state index >= 15 is 0 Å². The van der Waals surface area contributed by atoms with Crippen LogP contribution in [0.25, 0.3) is 0 Å². The van der Waals surface area contributed by atoms with Crippen LogP contribution < -0.4 is 11.5 Å². The van der Waals surface area contributed by atoms with E-state index in [2.05, 4.69) is 0 Å². The molecule has 0 amide bonds. The number of ether oxygens (including phenoxy) is 2. The maximum absolute atomic E-state index is 6.00. The van der Waals surface area contributed by atoms with Crippen LogP contribution >= 0.6 is 0 Å². The van der Waals surface area contributed by atoms with Crippen molar-refractivity contribution >= 4 is 0 Å². The summed E-state index contributed by atoms with van der Waals surface area (Å²) in [5.74, 6) is 0. The van der Waals surface area contributed by atoms with E-state index in [0.717, 1.165) is 51.7 Å². The average molecular weight is 228 g/mol. The molecule has 0 unspecified atom stereocenters. The second kappa shape index (κ2) is 5.00. The first-order valence-electron chi connectivity index (χ1n) is 6.47. The van der Waals surface area contributed by atoms with Crippen molar-refractivity contribution in [2.75, 3.05) is 26.3 Å². The summed E-state index contributed by atoms with van der Waals surface area (Å²) in [4.78, 5) is 0. The first-order chi connectivity index (χ1) is 7.79. The summed E-state index contributed by atoms with van der Waals surface area (Å²) < 4.78 is 12.0. The van der Waals surface area contributed by atoms with Crippen molar-refractivity contribution < 1.29 is 9.47 Å². The molecule has 0 aromatic heterocycles. The Balaban J connectivity index is 1.76. The highest BCUT2D eigenvalue weighted by Crippen LogP contribution is 2.61. The normalized spacial score (nSPS) is 24.4. The molecule has 2 saturated carbocycles. The van der Waals surface area contributed by atoms with Gasteiger partial charge in [-0.05, 0) is 51.6 Å². The van der Waals surface area contributed by atoms with Gasteiger partial charge in [0.25, 0.3) is 0 Å². The van der Waals surface area contributed by atoms with E-state index in [-0.39, 0.29) is 11.2 Å². The van der Waals surface area contributed by atoms with Gasteiger partial charge in [-0.3, -0.25) is 0 Å². The van der Waals surface area contributed by atoms with Crippen molar-refractivity contribution in [3.8, 4) is 0 Å². The topological polar surface area (TPSA) is 70.5 Å². The van der Waals surface area contributed by atoms with E-state index in [1.807, 2.05) is 0 Å². The smallest absolute Gasteiger partial charge is 0.0973 e. The van der Waals surface area contributed by atoms with Gasteiger partial charge in [-0.25, -0.2) is 0 Å². The maximum atomic E-state index is 6.00. The SMILES string of the molecule is NCCCOC1(C2(OCCCN)CC2)CC1. The minimum absolute atomic E-state index is 0.0385. The van der Waals surface area contributed by atoms with Gasteiger partial charge in [-0.15, -0.1) is 0 Å². The fraction of sp³-hybridized carbons (Fsp3) is 1.00. The van der Waals surface area contributed by atoms with E-state index < -0.39 is 0 Å². The molecular weight excluding hydrogens is 204 g/mol. The lowest BCUT2D eigenvalue weighted by Crippen LogP contribution is -2.37. The van der Waals surface area contributed by atoms with Crippen molar-refractivity contribution in [1.82, 2.24) is 0 Å². The van der Waals surface area contributed by atoms with Gasteiger partial charge in [0.05, 0.1) is 11.2 Å². The van der Waals surface area contributed by atoms with Crippen LogP contribution in [0.3, 0.4) is 0 Å². The highest BCUT2D eigenvalue weighted by atomic mass is 16.6. The highest BCUT2D eigenvalue weighted by molar-refractivity contribution is 5.20. The number of nitrogens with two attached hydrogens (primary N) is 2. The number of hydrogen-bond acceptors (Lipinski definition) is 4. The summed E-state index contributed by atoms with van der Waals surface area (Å²) >= 11 is 0. The summed E-state index contributed by atoms with van der Waals surface area (Å²) in [6.45, 7) is 2.96. The summed E-state index contributed by atoms with van der Waals surface area (Å²) in [5.41, 5.74) is 11.0. The molecule has 2 aliphatic carbocycles. The fourth-order valence-electron chi connectivity index (χ4n) is 2.39. The molecule has 2 fully saturated rings. The largest absolute Gasteiger partial charge is 0.372 e. The number of hydrogen-bond donors (Lipinski definition) is 2. The van der Waals surface area contributed by atoms with Crippen molar-refractivity contribution in [2.45, 2.75) is 49.7 Å². The molecule has 0 atom stereocenters. The van der Waals surface area contributed by atoms with E-state index in [0.29, 0.717) is 13.1 Å². The van der Waals surface area contributed by atoms with Crippen LogP contribution in [0.2, 0.25) is 0 Å². The van der Waals surface area contributed by atoms with Crippen LogP contribution in [0.15, 0.2) is 0 Å². The molecule has 0 aromatic carbocycles. The zero-order chi connectivity index (χ0) is 11.5. The minimum Gasteiger partial charge on any atom is -0.372 e. The quantitative estimate of drug-likeness (QED) is 0.572. The van der Waals surface area contributed by atoms with Crippen LogP contribution in [-0.2, 0) is 9.47 Å². The van der Waals surface area contributed by atoms with Crippen molar-refractivity contribution in [2.24, 2.45) is 11.5 Å².